The molecule has 0 aliphatic carbocycles. The Kier molecular flexibility index (Phi) is 4.81. The van der Waals surface area contributed by atoms with Gasteiger partial charge in [0.25, 0.3) is 0 Å². The quantitative estimate of drug-likeness (QED) is 0.858. The summed E-state index contributed by atoms with van der Waals surface area (Å²) in [6.45, 7) is 2.55. The van der Waals surface area contributed by atoms with Gasteiger partial charge in [0, 0.05) is 6.04 Å². The summed E-state index contributed by atoms with van der Waals surface area (Å²) in [5.74, 6) is -1.77. The molecule has 108 valence electrons. The van der Waals surface area contributed by atoms with E-state index < -0.39 is 44.8 Å². The van der Waals surface area contributed by atoms with Crippen LogP contribution in [-0.2, 0) is 14.8 Å². The molecule has 6 nitrogen and oxygen atoms in total. The first-order chi connectivity index (χ1) is 9.21. The Morgan fingerprint density at radius 1 is 1.50 bits per heavy atom. The van der Waals surface area contributed by atoms with Gasteiger partial charge in [-0.1, -0.05) is 6.07 Å². The van der Waals surface area contributed by atoms with Gasteiger partial charge in [0.2, 0.25) is 15.9 Å². The first-order valence-corrected chi connectivity index (χ1v) is 7.14. The molecule has 2 N–H and O–H groups in total. The third-order valence-electron chi connectivity index (χ3n) is 2.56. The number of sulfonamides is 1. The van der Waals surface area contributed by atoms with Crippen LogP contribution in [0.15, 0.2) is 23.1 Å². The molecule has 0 aliphatic rings. The topological polar surface area (TPSA) is 104 Å². The van der Waals surface area contributed by atoms with Gasteiger partial charge < -0.3 is 5.73 Å². The van der Waals surface area contributed by atoms with Gasteiger partial charge in [0.05, 0.1) is 6.54 Å². The van der Waals surface area contributed by atoms with Crippen LogP contribution in [0.25, 0.3) is 0 Å². The summed E-state index contributed by atoms with van der Waals surface area (Å²) in [7, 11) is -4.19. The molecular formula is C12H14FN3O3S. The minimum Gasteiger partial charge on any atom is -0.369 e. The summed E-state index contributed by atoms with van der Waals surface area (Å²) >= 11 is 0. The highest BCUT2D eigenvalue weighted by Crippen LogP contribution is 2.23. The van der Waals surface area contributed by atoms with Crippen molar-refractivity contribution in [1.82, 2.24) is 4.31 Å². The number of rotatable bonds is 5. The lowest BCUT2D eigenvalue weighted by Gasteiger charge is -2.24. The second-order valence-corrected chi connectivity index (χ2v) is 6.19. The minimum absolute atomic E-state index is 0.477. The maximum Gasteiger partial charge on any atom is 0.245 e. The standard InChI is InChI=1S/C12H14FN3O3S/c1-8(2)16(7-12(15)17)20(18,19)11-5-3-4-10(13)9(11)6-14/h3-5,8H,7H2,1-2H3,(H2,15,17). The van der Waals surface area contributed by atoms with E-state index in [1.165, 1.54) is 12.1 Å². The molecule has 1 rings (SSSR count). The number of halogens is 1. The molecule has 1 aromatic carbocycles. The Morgan fingerprint density at radius 2 is 2.10 bits per heavy atom. The van der Waals surface area contributed by atoms with Gasteiger partial charge in [-0.25, -0.2) is 12.8 Å². The second-order valence-electron chi connectivity index (χ2n) is 4.34. The molecule has 1 aromatic rings. The second kappa shape index (κ2) is 5.98. The van der Waals surface area contributed by atoms with Gasteiger partial charge in [0.15, 0.2) is 0 Å². The number of hydrogen-bond acceptors (Lipinski definition) is 4. The summed E-state index contributed by atoms with van der Waals surface area (Å²) in [5, 5.41) is 8.90. The van der Waals surface area contributed by atoms with Crippen molar-refractivity contribution in [3.8, 4) is 6.07 Å². The average molecular weight is 299 g/mol. The van der Waals surface area contributed by atoms with Gasteiger partial charge in [0.1, 0.15) is 22.3 Å². The van der Waals surface area contributed by atoms with Crippen molar-refractivity contribution in [1.29, 1.82) is 5.26 Å². The largest absolute Gasteiger partial charge is 0.369 e. The van der Waals surface area contributed by atoms with E-state index in [0.29, 0.717) is 0 Å². The zero-order valence-corrected chi connectivity index (χ0v) is 11.8. The van der Waals surface area contributed by atoms with Crippen LogP contribution in [0.3, 0.4) is 0 Å². The zero-order chi connectivity index (χ0) is 15.5. The predicted octanol–water partition coefficient (Wildman–Crippen LogP) is 0.582. The number of benzene rings is 1. The molecule has 0 atom stereocenters. The van der Waals surface area contributed by atoms with E-state index in [9.17, 15) is 17.6 Å². The maximum absolute atomic E-state index is 13.5. The molecule has 0 fully saturated rings. The van der Waals surface area contributed by atoms with E-state index >= 15 is 0 Å². The molecule has 0 bridgehead atoms. The van der Waals surface area contributed by atoms with Crippen LogP contribution in [0, 0.1) is 17.1 Å². The van der Waals surface area contributed by atoms with Crippen molar-refractivity contribution in [2.24, 2.45) is 5.73 Å². The molecule has 0 heterocycles. The Balaban J connectivity index is 3.46. The minimum atomic E-state index is -4.19. The van der Waals surface area contributed by atoms with E-state index in [4.69, 9.17) is 11.0 Å². The van der Waals surface area contributed by atoms with Crippen molar-refractivity contribution in [3.63, 3.8) is 0 Å². The van der Waals surface area contributed by atoms with Crippen LogP contribution in [0.2, 0.25) is 0 Å². The molecule has 20 heavy (non-hydrogen) atoms. The lowest BCUT2D eigenvalue weighted by atomic mass is 10.2. The summed E-state index contributed by atoms with van der Waals surface area (Å²) in [6.07, 6.45) is 0. The number of nitrogens with zero attached hydrogens (tertiary/aromatic N) is 2. The van der Waals surface area contributed by atoms with Crippen LogP contribution in [0.5, 0.6) is 0 Å². The number of nitrogens with two attached hydrogens (primary N) is 1. The van der Waals surface area contributed by atoms with Crippen molar-refractivity contribution in [3.05, 3.63) is 29.6 Å². The van der Waals surface area contributed by atoms with Crippen molar-refractivity contribution >= 4 is 15.9 Å². The molecule has 0 saturated heterocycles. The Morgan fingerprint density at radius 3 is 2.55 bits per heavy atom. The van der Waals surface area contributed by atoms with Crippen LogP contribution >= 0.6 is 0 Å². The third-order valence-corrected chi connectivity index (χ3v) is 4.63. The average Bonchev–Trinajstić information content (AvgIpc) is 2.34. The maximum atomic E-state index is 13.5. The highest BCUT2D eigenvalue weighted by molar-refractivity contribution is 7.89. The number of carbonyl (C=O) groups excluding carboxylic acids is 1. The van der Waals surface area contributed by atoms with Gasteiger partial charge in [-0.3, -0.25) is 4.79 Å². The number of nitriles is 1. The molecule has 1 amide bonds. The monoisotopic (exact) mass is 299 g/mol. The molecule has 0 unspecified atom stereocenters. The third kappa shape index (κ3) is 3.12. The van der Waals surface area contributed by atoms with E-state index in [2.05, 4.69) is 0 Å². The smallest absolute Gasteiger partial charge is 0.245 e. The first-order valence-electron chi connectivity index (χ1n) is 5.70. The Bertz CT molecular complexity index is 665. The van der Waals surface area contributed by atoms with Crippen LogP contribution in [-0.4, -0.2) is 31.2 Å². The van der Waals surface area contributed by atoms with Gasteiger partial charge >= 0.3 is 0 Å². The number of primary amides is 1. The van der Waals surface area contributed by atoms with Crippen molar-refractivity contribution < 1.29 is 17.6 Å². The van der Waals surface area contributed by atoms with Crippen LogP contribution in [0.1, 0.15) is 19.4 Å². The fourth-order valence-electron chi connectivity index (χ4n) is 1.65. The molecule has 0 aromatic heterocycles. The van der Waals surface area contributed by atoms with E-state index in [0.717, 1.165) is 16.4 Å². The van der Waals surface area contributed by atoms with Gasteiger partial charge in [-0.05, 0) is 26.0 Å². The van der Waals surface area contributed by atoms with Gasteiger partial charge in [-0.15, -0.1) is 0 Å². The molecule has 8 heteroatoms. The van der Waals surface area contributed by atoms with E-state index in [1.54, 1.807) is 13.8 Å². The molecule has 0 radical (unpaired) electrons. The lowest BCUT2D eigenvalue weighted by molar-refractivity contribution is -0.118. The Hall–Kier alpha value is -1.98. The normalized spacial score (nSPS) is 11.6. The van der Waals surface area contributed by atoms with E-state index in [-0.39, 0.29) is 0 Å². The first kappa shape index (κ1) is 16.1. The summed E-state index contributed by atoms with van der Waals surface area (Å²) in [5.41, 5.74) is 4.44. The number of hydrogen-bond donors (Lipinski definition) is 1. The fourth-order valence-corrected chi connectivity index (χ4v) is 3.41. The predicted molar refractivity (Wildman–Crippen MR) is 69.3 cm³/mol. The Labute approximate surface area is 116 Å². The molecule has 0 spiro atoms. The molecule has 0 saturated carbocycles. The summed E-state index contributed by atoms with van der Waals surface area (Å²) in [6, 6.07) is 4.25. The molecule has 0 aliphatic heterocycles. The van der Waals surface area contributed by atoms with Gasteiger partial charge in [-0.2, -0.15) is 9.57 Å². The summed E-state index contributed by atoms with van der Waals surface area (Å²) in [4.78, 5) is 10.5. The fraction of sp³-hybridized carbons (Fsp3) is 0.333. The summed E-state index contributed by atoms with van der Waals surface area (Å²) < 4.78 is 39.2. The van der Waals surface area contributed by atoms with Crippen molar-refractivity contribution in [2.45, 2.75) is 24.8 Å². The zero-order valence-electron chi connectivity index (χ0n) is 11.0. The van der Waals surface area contributed by atoms with Crippen molar-refractivity contribution in [2.75, 3.05) is 6.54 Å². The van der Waals surface area contributed by atoms with E-state index in [1.807, 2.05) is 0 Å². The highest BCUT2D eigenvalue weighted by Gasteiger charge is 2.31. The highest BCUT2D eigenvalue weighted by atomic mass is 32.2. The molecular weight excluding hydrogens is 285 g/mol. The SMILES string of the molecule is CC(C)N(CC(N)=O)S(=O)(=O)c1cccc(F)c1C#N. The lowest BCUT2D eigenvalue weighted by Crippen LogP contribution is -2.42. The van der Waals surface area contributed by atoms with Crippen LogP contribution < -0.4 is 5.73 Å². The van der Waals surface area contributed by atoms with Crippen LogP contribution in [0.4, 0.5) is 4.39 Å². The number of carbonyl (C=O) groups is 1. The number of amides is 1.